The lowest BCUT2D eigenvalue weighted by Crippen LogP contribution is -2.13. The van der Waals surface area contributed by atoms with Crippen LogP contribution in [0.1, 0.15) is 15.9 Å². The minimum absolute atomic E-state index is 0.176. The first-order chi connectivity index (χ1) is 13.5. The number of nitrogens with one attached hydrogen (secondary N) is 1. The molecule has 2 aromatic heterocycles. The van der Waals surface area contributed by atoms with Crippen molar-refractivity contribution in [1.82, 2.24) is 14.5 Å². The van der Waals surface area contributed by atoms with Crippen LogP contribution >= 0.6 is 27.3 Å². The number of benzene rings is 2. The van der Waals surface area contributed by atoms with E-state index in [1.165, 1.54) is 11.3 Å². The maximum Gasteiger partial charge on any atom is 0.257 e. The quantitative estimate of drug-likeness (QED) is 0.442. The average molecular weight is 453 g/mol. The van der Waals surface area contributed by atoms with Crippen LogP contribution in [0.4, 0.5) is 5.13 Å². The Labute approximate surface area is 175 Å². The summed E-state index contributed by atoms with van der Waals surface area (Å²) in [6.45, 7) is 1.91. The van der Waals surface area contributed by atoms with Crippen LogP contribution in [-0.4, -0.2) is 20.4 Å². The number of hydrogen-bond acceptors (Lipinski definition) is 4. The highest BCUT2D eigenvalue weighted by Gasteiger charge is 2.20. The number of aromatic nitrogens is 3. The molecule has 0 saturated heterocycles. The Balaban J connectivity index is 1.73. The van der Waals surface area contributed by atoms with Gasteiger partial charge in [0, 0.05) is 35.0 Å². The molecule has 0 unspecified atom stereocenters. The molecule has 7 heteroatoms. The van der Waals surface area contributed by atoms with E-state index in [4.69, 9.17) is 4.98 Å². The van der Waals surface area contributed by atoms with E-state index >= 15 is 0 Å². The third-order valence-corrected chi connectivity index (χ3v) is 5.81. The van der Waals surface area contributed by atoms with Gasteiger partial charge in [-0.2, -0.15) is 0 Å². The molecule has 0 bridgehead atoms. The smallest absolute Gasteiger partial charge is 0.257 e. The zero-order valence-electron chi connectivity index (χ0n) is 15.3. The summed E-state index contributed by atoms with van der Waals surface area (Å²) in [6.07, 6.45) is 3.65. The number of carbonyl (C=O) groups excluding carboxylic acids is 1. The number of imidazole rings is 1. The van der Waals surface area contributed by atoms with Crippen LogP contribution in [0, 0.1) is 6.92 Å². The molecule has 0 atom stereocenters. The molecule has 28 heavy (non-hydrogen) atoms. The SMILES string of the molecule is Cc1cc(Br)ccc1C(=O)Nc1nc(-c2ccccc2)c(-c2nccn2C)s1. The number of carbonyl (C=O) groups is 1. The third kappa shape index (κ3) is 3.63. The molecule has 1 amide bonds. The van der Waals surface area contributed by atoms with Crippen molar-refractivity contribution in [2.24, 2.45) is 7.05 Å². The van der Waals surface area contributed by atoms with E-state index in [1.807, 2.05) is 67.2 Å². The molecule has 5 nitrogen and oxygen atoms in total. The Hall–Kier alpha value is -2.77. The predicted octanol–water partition coefficient (Wildman–Crippen LogP) is 5.53. The van der Waals surface area contributed by atoms with E-state index in [0.717, 1.165) is 32.0 Å². The lowest BCUT2D eigenvalue weighted by molar-refractivity contribution is 0.102. The van der Waals surface area contributed by atoms with Gasteiger partial charge < -0.3 is 4.57 Å². The molecule has 0 fully saturated rings. The average Bonchev–Trinajstić information content (AvgIpc) is 3.28. The standard InChI is InChI=1S/C21H17BrN4OS/c1-13-12-15(22)8-9-16(13)20(27)25-21-24-17(14-6-4-3-5-7-14)18(28-21)19-23-10-11-26(19)2/h3-12H,1-2H3,(H,24,25,27). The number of amides is 1. The van der Waals surface area contributed by atoms with Crippen LogP contribution in [0.3, 0.4) is 0 Å². The first-order valence-corrected chi connectivity index (χ1v) is 10.3. The molecular formula is C21H17BrN4OS. The number of nitrogens with zero attached hydrogens (tertiary/aromatic N) is 3. The van der Waals surface area contributed by atoms with E-state index < -0.39 is 0 Å². The maximum atomic E-state index is 12.8. The Bertz CT molecular complexity index is 1150. The number of hydrogen-bond donors (Lipinski definition) is 1. The molecule has 2 aromatic carbocycles. The fourth-order valence-corrected chi connectivity index (χ4v) is 4.45. The van der Waals surface area contributed by atoms with Crippen molar-refractivity contribution in [1.29, 1.82) is 0 Å². The summed E-state index contributed by atoms with van der Waals surface area (Å²) in [5.41, 5.74) is 3.31. The van der Waals surface area contributed by atoms with Gasteiger partial charge in [0.05, 0.1) is 10.6 Å². The number of anilines is 1. The number of aryl methyl sites for hydroxylation is 2. The molecule has 0 spiro atoms. The van der Waals surface area contributed by atoms with E-state index in [0.29, 0.717) is 10.7 Å². The Morgan fingerprint density at radius 1 is 1.18 bits per heavy atom. The lowest BCUT2D eigenvalue weighted by atomic mass is 10.1. The minimum Gasteiger partial charge on any atom is -0.333 e. The molecule has 0 aliphatic rings. The second-order valence-corrected chi connectivity index (χ2v) is 8.25. The van der Waals surface area contributed by atoms with Gasteiger partial charge >= 0.3 is 0 Å². The van der Waals surface area contributed by atoms with Gasteiger partial charge in [-0.3, -0.25) is 10.1 Å². The molecule has 1 N–H and O–H groups in total. The normalized spacial score (nSPS) is 10.8. The number of thiazole rings is 1. The largest absolute Gasteiger partial charge is 0.333 e. The van der Waals surface area contributed by atoms with Crippen LogP contribution in [0.5, 0.6) is 0 Å². The zero-order chi connectivity index (χ0) is 19.7. The van der Waals surface area contributed by atoms with Crippen molar-refractivity contribution in [3.8, 4) is 22.0 Å². The Kier molecular flexibility index (Phi) is 5.11. The zero-order valence-corrected chi connectivity index (χ0v) is 17.7. The van der Waals surface area contributed by atoms with E-state index in [2.05, 4.69) is 26.2 Å². The van der Waals surface area contributed by atoms with Crippen molar-refractivity contribution in [3.05, 3.63) is 76.5 Å². The van der Waals surface area contributed by atoms with Gasteiger partial charge in [0.2, 0.25) is 0 Å². The highest BCUT2D eigenvalue weighted by Crippen LogP contribution is 2.38. The van der Waals surface area contributed by atoms with Crippen LogP contribution in [0.2, 0.25) is 0 Å². The van der Waals surface area contributed by atoms with Crippen LogP contribution in [0.15, 0.2) is 65.4 Å². The molecule has 0 radical (unpaired) electrons. The summed E-state index contributed by atoms with van der Waals surface area (Å²) in [7, 11) is 1.94. The van der Waals surface area contributed by atoms with Crippen molar-refractivity contribution in [3.63, 3.8) is 0 Å². The number of halogens is 1. The van der Waals surface area contributed by atoms with Gasteiger partial charge in [-0.15, -0.1) is 0 Å². The summed E-state index contributed by atoms with van der Waals surface area (Å²) in [5.74, 6) is 0.640. The monoisotopic (exact) mass is 452 g/mol. The molecule has 0 aliphatic heterocycles. The van der Waals surface area contributed by atoms with Crippen molar-refractivity contribution < 1.29 is 4.79 Å². The summed E-state index contributed by atoms with van der Waals surface area (Å²) in [6, 6.07) is 15.5. The third-order valence-electron chi connectivity index (χ3n) is 4.35. The van der Waals surface area contributed by atoms with Crippen LogP contribution < -0.4 is 5.32 Å². The summed E-state index contributed by atoms with van der Waals surface area (Å²) in [4.78, 5) is 22.9. The molecular weight excluding hydrogens is 436 g/mol. The van der Waals surface area contributed by atoms with E-state index in [1.54, 1.807) is 12.3 Å². The van der Waals surface area contributed by atoms with Gasteiger partial charge in [0.15, 0.2) is 11.0 Å². The summed E-state index contributed by atoms with van der Waals surface area (Å²) in [5, 5.41) is 3.49. The fourth-order valence-electron chi connectivity index (χ4n) is 2.95. The van der Waals surface area contributed by atoms with E-state index in [9.17, 15) is 4.79 Å². The van der Waals surface area contributed by atoms with Crippen molar-refractivity contribution in [2.45, 2.75) is 6.92 Å². The first kappa shape index (κ1) is 18.6. The molecule has 0 aliphatic carbocycles. The molecule has 4 aromatic rings. The molecule has 4 rings (SSSR count). The molecule has 140 valence electrons. The second kappa shape index (κ2) is 7.69. The van der Waals surface area contributed by atoms with Gasteiger partial charge in [-0.25, -0.2) is 9.97 Å². The van der Waals surface area contributed by atoms with Gasteiger partial charge in [-0.05, 0) is 30.7 Å². The molecule has 0 saturated carbocycles. The van der Waals surface area contributed by atoms with Crippen molar-refractivity contribution in [2.75, 3.05) is 5.32 Å². The first-order valence-electron chi connectivity index (χ1n) is 8.64. The fraction of sp³-hybridized carbons (Fsp3) is 0.0952. The lowest BCUT2D eigenvalue weighted by Gasteiger charge is -2.05. The van der Waals surface area contributed by atoms with E-state index in [-0.39, 0.29) is 5.91 Å². The highest BCUT2D eigenvalue weighted by atomic mass is 79.9. The summed E-state index contributed by atoms with van der Waals surface area (Å²) >= 11 is 4.85. The van der Waals surface area contributed by atoms with Crippen LogP contribution in [-0.2, 0) is 7.05 Å². The van der Waals surface area contributed by atoms with Gasteiger partial charge in [0.1, 0.15) is 0 Å². The highest BCUT2D eigenvalue weighted by molar-refractivity contribution is 9.10. The second-order valence-electron chi connectivity index (χ2n) is 6.34. The predicted molar refractivity (Wildman–Crippen MR) is 117 cm³/mol. The topological polar surface area (TPSA) is 59.8 Å². The van der Waals surface area contributed by atoms with Crippen molar-refractivity contribution >= 4 is 38.3 Å². The van der Waals surface area contributed by atoms with Gasteiger partial charge in [0.25, 0.3) is 5.91 Å². The summed E-state index contributed by atoms with van der Waals surface area (Å²) < 4.78 is 2.89. The van der Waals surface area contributed by atoms with Gasteiger partial charge in [-0.1, -0.05) is 57.6 Å². The number of rotatable bonds is 4. The van der Waals surface area contributed by atoms with Crippen LogP contribution in [0.25, 0.3) is 22.0 Å². The molecule has 2 heterocycles. The Morgan fingerprint density at radius 2 is 1.96 bits per heavy atom. The Morgan fingerprint density at radius 3 is 2.64 bits per heavy atom. The maximum absolute atomic E-state index is 12.8. The minimum atomic E-state index is -0.176.